The lowest BCUT2D eigenvalue weighted by Gasteiger charge is -2.45. The Morgan fingerprint density at radius 1 is 1.12 bits per heavy atom. The minimum absolute atomic E-state index is 0.00945. The molecule has 1 heterocycles. The van der Waals surface area contributed by atoms with E-state index in [1.54, 1.807) is 14.0 Å². The molecule has 0 N–H and O–H groups in total. The molecule has 2 fully saturated rings. The van der Waals surface area contributed by atoms with Gasteiger partial charge in [0, 0.05) is 32.9 Å². The van der Waals surface area contributed by atoms with E-state index in [2.05, 4.69) is 18.9 Å². The van der Waals surface area contributed by atoms with E-state index in [0.29, 0.717) is 44.4 Å². The number of carbonyl (C=O) groups excluding carboxylic acids is 3. The van der Waals surface area contributed by atoms with Crippen molar-refractivity contribution in [3.05, 3.63) is 0 Å². The summed E-state index contributed by atoms with van der Waals surface area (Å²) in [6.45, 7) is 4.89. The highest BCUT2D eigenvalue weighted by atomic mass is 16.5. The van der Waals surface area contributed by atoms with Crippen molar-refractivity contribution in [3.8, 4) is 0 Å². The predicted octanol–water partition coefficient (Wildman–Crippen LogP) is 2.38. The number of carbonyl (C=O) groups is 3. The van der Waals surface area contributed by atoms with Gasteiger partial charge >= 0.3 is 5.97 Å². The van der Waals surface area contributed by atoms with Crippen LogP contribution in [-0.4, -0.2) is 61.4 Å². The molecule has 0 aromatic carbocycles. The SMILES string of the molecule is COC1CCC(=O)C(C)C(=O)OCC2(CCC(=O)CC2)N(C)CC(C)C1. The lowest BCUT2D eigenvalue weighted by Crippen LogP contribution is -2.54. The zero-order valence-corrected chi connectivity index (χ0v) is 16.6. The van der Waals surface area contributed by atoms with Crippen molar-refractivity contribution in [2.75, 3.05) is 27.3 Å². The van der Waals surface area contributed by atoms with E-state index < -0.39 is 11.9 Å². The first-order valence-corrected chi connectivity index (χ1v) is 9.72. The van der Waals surface area contributed by atoms with Crippen molar-refractivity contribution in [2.45, 2.75) is 70.4 Å². The van der Waals surface area contributed by atoms with Crippen molar-refractivity contribution < 1.29 is 23.9 Å². The lowest BCUT2D eigenvalue weighted by molar-refractivity contribution is -0.156. The minimum Gasteiger partial charge on any atom is -0.463 e. The molecule has 26 heavy (non-hydrogen) atoms. The molecule has 6 nitrogen and oxygen atoms in total. The quantitative estimate of drug-likeness (QED) is 0.523. The van der Waals surface area contributed by atoms with Crippen LogP contribution in [0.25, 0.3) is 0 Å². The third kappa shape index (κ3) is 5.13. The van der Waals surface area contributed by atoms with E-state index in [9.17, 15) is 14.4 Å². The molecule has 3 atom stereocenters. The van der Waals surface area contributed by atoms with Crippen LogP contribution in [0.2, 0.25) is 0 Å². The van der Waals surface area contributed by atoms with Crippen LogP contribution in [0.15, 0.2) is 0 Å². The Labute approximate surface area is 156 Å². The van der Waals surface area contributed by atoms with Gasteiger partial charge in [-0.25, -0.2) is 0 Å². The normalized spacial score (nSPS) is 32.5. The van der Waals surface area contributed by atoms with Gasteiger partial charge in [-0.15, -0.1) is 0 Å². The molecule has 3 unspecified atom stereocenters. The number of hydrogen-bond acceptors (Lipinski definition) is 6. The van der Waals surface area contributed by atoms with Gasteiger partial charge in [-0.2, -0.15) is 0 Å². The first-order valence-electron chi connectivity index (χ1n) is 9.72. The topological polar surface area (TPSA) is 72.9 Å². The van der Waals surface area contributed by atoms with Crippen LogP contribution in [0, 0.1) is 11.8 Å². The number of ether oxygens (including phenoxy) is 2. The monoisotopic (exact) mass is 367 g/mol. The standard InChI is InChI=1S/C20H33NO5/c1-14-11-17(25-4)5-6-18(23)15(2)19(24)26-13-20(21(3)12-14)9-7-16(22)8-10-20/h14-15,17H,5-13H2,1-4H3. The number of rotatable bonds is 1. The maximum absolute atomic E-state index is 12.4. The van der Waals surface area contributed by atoms with Gasteiger partial charge in [0.1, 0.15) is 24.1 Å². The second-order valence-corrected chi connectivity index (χ2v) is 8.18. The van der Waals surface area contributed by atoms with Crippen LogP contribution in [0.5, 0.6) is 0 Å². The summed E-state index contributed by atoms with van der Waals surface area (Å²) in [5.74, 6) is -0.651. The van der Waals surface area contributed by atoms with E-state index >= 15 is 0 Å². The van der Waals surface area contributed by atoms with Gasteiger partial charge in [0.05, 0.1) is 11.6 Å². The average Bonchev–Trinajstić information content (AvgIpc) is 2.63. The highest BCUT2D eigenvalue weighted by Crippen LogP contribution is 2.33. The number of nitrogens with zero attached hydrogens (tertiary/aromatic N) is 1. The summed E-state index contributed by atoms with van der Waals surface area (Å²) in [4.78, 5) is 38.7. The van der Waals surface area contributed by atoms with Crippen molar-refractivity contribution >= 4 is 17.5 Å². The van der Waals surface area contributed by atoms with Crippen LogP contribution in [0.3, 0.4) is 0 Å². The Kier molecular flexibility index (Phi) is 7.35. The molecule has 1 aliphatic carbocycles. The van der Waals surface area contributed by atoms with Crippen LogP contribution in [-0.2, 0) is 23.9 Å². The second-order valence-electron chi connectivity index (χ2n) is 8.18. The van der Waals surface area contributed by atoms with Gasteiger partial charge in [-0.3, -0.25) is 19.3 Å². The van der Waals surface area contributed by atoms with Crippen molar-refractivity contribution in [2.24, 2.45) is 11.8 Å². The molecule has 0 amide bonds. The fraction of sp³-hybridized carbons (Fsp3) is 0.850. The predicted molar refractivity (Wildman–Crippen MR) is 97.8 cm³/mol. The number of cyclic esters (lactones) is 1. The molecule has 0 aromatic heterocycles. The van der Waals surface area contributed by atoms with Crippen molar-refractivity contribution in [3.63, 3.8) is 0 Å². The zero-order valence-electron chi connectivity index (χ0n) is 16.6. The van der Waals surface area contributed by atoms with Crippen LogP contribution >= 0.6 is 0 Å². The molecule has 6 heteroatoms. The highest BCUT2D eigenvalue weighted by Gasteiger charge is 2.41. The van der Waals surface area contributed by atoms with Crippen LogP contribution < -0.4 is 0 Å². The molecule has 1 saturated heterocycles. The van der Waals surface area contributed by atoms with E-state index in [-0.39, 0.29) is 29.8 Å². The van der Waals surface area contributed by atoms with Gasteiger partial charge < -0.3 is 9.47 Å². The Morgan fingerprint density at radius 2 is 1.77 bits per heavy atom. The van der Waals surface area contributed by atoms with Gasteiger partial charge in [-0.05, 0) is 45.6 Å². The second kappa shape index (κ2) is 9.09. The first kappa shape index (κ1) is 21.0. The Bertz CT molecular complexity index is 522. The number of esters is 1. The summed E-state index contributed by atoms with van der Waals surface area (Å²) >= 11 is 0. The number of methoxy groups -OCH3 is 1. The summed E-state index contributed by atoms with van der Waals surface area (Å²) in [6.07, 6.45) is 4.26. The Hall–Kier alpha value is -1.27. The summed E-state index contributed by atoms with van der Waals surface area (Å²) < 4.78 is 11.1. The highest BCUT2D eigenvalue weighted by molar-refractivity contribution is 5.98. The minimum atomic E-state index is -0.752. The number of likely N-dealkylation sites (N-methyl/N-ethyl adjacent to an activating group) is 1. The summed E-state index contributed by atoms with van der Waals surface area (Å²) in [6, 6.07) is 0. The molecular weight excluding hydrogens is 334 g/mol. The maximum Gasteiger partial charge on any atom is 0.316 e. The smallest absolute Gasteiger partial charge is 0.316 e. The van der Waals surface area contributed by atoms with Crippen molar-refractivity contribution in [1.29, 1.82) is 0 Å². The number of ketones is 2. The summed E-state index contributed by atoms with van der Waals surface area (Å²) in [5.41, 5.74) is -0.322. The van der Waals surface area contributed by atoms with Crippen LogP contribution in [0.1, 0.15) is 58.8 Å². The fourth-order valence-electron chi connectivity index (χ4n) is 4.13. The number of hydrogen-bond donors (Lipinski definition) is 0. The van der Waals surface area contributed by atoms with E-state index in [1.807, 2.05) is 0 Å². The molecule has 0 radical (unpaired) electrons. The van der Waals surface area contributed by atoms with E-state index in [0.717, 1.165) is 13.0 Å². The molecule has 2 aliphatic rings. The third-order valence-corrected chi connectivity index (χ3v) is 6.16. The Morgan fingerprint density at radius 3 is 2.38 bits per heavy atom. The van der Waals surface area contributed by atoms with Crippen LogP contribution in [0.4, 0.5) is 0 Å². The summed E-state index contributed by atoms with van der Waals surface area (Å²) in [7, 11) is 3.73. The zero-order chi connectivity index (χ0) is 19.3. The molecular formula is C20H33NO5. The number of Topliss-reactive ketones (excluding diaryl/α,β-unsaturated/α-hetero) is 2. The maximum atomic E-state index is 12.4. The largest absolute Gasteiger partial charge is 0.463 e. The van der Waals surface area contributed by atoms with Gasteiger partial charge in [0.2, 0.25) is 0 Å². The fourth-order valence-corrected chi connectivity index (χ4v) is 4.13. The van der Waals surface area contributed by atoms with Gasteiger partial charge in [0.15, 0.2) is 0 Å². The van der Waals surface area contributed by atoms with Gasteiger partial charge in [0.25, 0.3) is 0 Å². The molecule has 1 saturated carbocycles. The van der Waals surface area contributed by atoms with Gasteiger partial charge in [-0.1, -0.05) is 6.92 Å². The molecule has 0 aromatic rings. The average molecular weight is 367 g/mol. The molecule has 1 spiro atoms. The van der Waals surface area contributed by atoms with E-state index in [1.165, 1.54) is 0 Å². The lowest BCUT2D eigenvalue weighted by atomic mass is 9.80. The third-order valence-electron chi connectivity index (χ3n) is 6.16. The molecule has 1 aliphatic heterocycles. The molecule has 2 rings (SSSR count). The van der Waals surface area contributed by atoms with E-state index in [4.69, 9.17) is 9.47 Å². The summed E-state index contributed by atoms with van der Waals surface area (Å²) in [5, 5.41) is 0. The van der Waals surface area contributed by atoms with Crippen molar-refractivity contribution in [1.82, 2.24) is 4.90 Å². The molecule has 0 bridgehead atoms. The Balaban J connectivity index is 2.22. The molecule has 148 valence electrons. The first-order chi connectivity index (χ1) is 12.3.